The van der Waals surface area contributed by atoms with Crippen LogP contribution in [0.25, 0.3) is 5.57 Å². The molecule has 0 bridgehead atoms. The van der Waals surface area contributed by atoms with Gasteiger partial charge in [-0.15, -0.1) is 0 Å². The monoisotopic (exact) mass is 224 g/mol. The Balaban J connectivity index is 2.84. The number of carbonyl (C=O) groups excluding carboxylic acids is 1. The lowest BCUT2D eigenvalue weighted by Crippen LogP contribution is -1.84. The first kappa shape index (κ1) is 12.5. The van der Waals surface area contributed by atoms with Gasteiger partial charge in [-0.05, 0) is 17.2 Å². The van der Waals surface area contributed by atoms with E-state index in [1.54, 1.807) is 36.4 Å². The summed E-state index contributed by atoms with van der Waals surface area (Å²) in [4.78, 5) is 10.5. The first-order chi connectivity index (χ1) is 8.21. The van der Waals surface area contributed by atoms with E-state index in [1.807, 2.05) is 6.07 Å². The van der Waals surface area contributed by atoms with Crippen molar-refractivity contribution in [2.45, 2.75) is 0 Å². The van der Waals surface area contributed by atoms with Gasteiger partial charge in [-0.1, -0.05) is 36.9 Å². The van der Waals surface area contributed by atoms with E-state index in [0.717, 1.165) is 17.4 Å². The van der Waals surface area contributed by atoms with E-state index in [1.165, 1.54) is 6.20 Å². The average molecular weight is 224 g/mol. The van der Waals surface area contributed by atoms with Crippen LogP contribution in [0.2, 0.25) is 0 Å². The van der Waals surface area contributed by atoms with Crippen LogP contribution in [0.5, 0.6) is 0 Å². The molecule has 0 aliphatic heterocycles. The van der Waals surface area contributed by atoms with Gasteiger partial charge in [-0.2, -0.15) is 5.26 Å². The second-order valence-electron chi connectivity index (χ2n) is 3.33. The maximum Gasteiger partial charge on any atom is 0.150 e. The van der Waals surface area contributed by atoms with Gasteiger partial charge >= 0.3 is 0 Å². The maximum atomic E-state index is 10.5. The van der Waals surface area contributed by atoms with Crippen molar-refractivity contribution in [1.29, 1.82) is 5.26 Å². The van der Waals surface area contributed by atoms with Crippen LogP contribution in [0.4, 0.5) is 0 Å². The molecule has 0 fully saturated rings. The molecule has 0 saturated heterocycles. The Morgan fingerprint density at radius 2 is 1.94 bits per heavy atom. The summed E-state index contributed by atoms with van der Waals surface area (Å²) >= 11 is 0. The van der Waals surface area contributed by atoms with Crippen LogP contribution in [0.15, 0.2) is 54.8 Å². The summed E-state index contributed by atoms with van der Waals surface area (Å²) in [5, 5.41) is 8.66. The number of hydrogen-bond acceptors (Lipinski definition) is 3. The molecule has 0 aliphatic rings. The molecule has 0 unspecified atom stereocenters. The zero-order valence-electron chi connectivity index (χ0n) is 9.26. The molecule has 0 aromatic heterocycles. The number of benzene rings is 1. The Morgan fingerprint density at radius 1 is 1.29 bits per heavy atom. The molecule has 17 heavy (non-hydrogen) atoms. The minimum atomic E-state index is 0.371. The van der Waals surface area contributed by atoms with Crippen LogP contribution >= 0.6 is 0 Å². The normalized spacial score (nSPS) is 11.1. The lowest BCUT2D eigenvalue weighted by Gasteiger charge is -2.00. The molecule has 0 atom stereocenters. The molecule has 0 spiro atoms. The number of hydrogen-bond donors (Lipinski definition) is 1. The second kappa shape index (κ2) is 6.09. The molecule has 2 N–H and O–H groups in total. The molecule has 1 rings (SSSR count). The van der Waals surface area contributed by atoms with E-state index in [0.29, 0.717) is 11.1 Å². The molecule has 0 aliphatic carbocycles. The molecule has 3 nitrogen and oxygen atoms in total. The van der Waals surface area contributed by atoms with Crippen molar-refractivity contribution in [3.05, 3.63) is 65.9 Å². The number of carbonyl (C=O) groups is 1. The number of allylic oxidation sites excluding steroid dienone is 4. The Morgan fingerprint density at radius 3 is 2.41 bits per heavy atom. The summed E-state index contributed by atoms with van der Waals surface area (Å²) in [6, 6.07) is 8.97. The summed E-state index contributed by atoms with van der Waals surface area (Å²) < 4.78 is 0. The standard InChI is InChI=1S/C14H12N2O/c1-11(2-3-13(8-15)9-16)14-6-4-12(10-17)5-7-14/h2-8,10H,1,15H2/b3-2-,13-8+. The highest BCUT2D eigenvalue weighted by Crippen LogP contribution is 2.14. The van der Waals surface area contributed by atoms with Gasteiger partial charge in [0.05, 0.1) is 5.57 Å². The third-order valence-corrected chi connectivity index (χ3v) is 2.19. The Hall–Kier alpha value is -2.60. The fraction of sp³-hybridized carbons (Fsp3) is 0. The van der Waals surface area contributed by atoms with Gasteiger partial charge in [-0.3, -0.25) is 4.79 Å². The van der Waals surface area contributed by atoms with Crippen molar-refractivity contribution in [3.63, 3.8) is 0 Å². The van der Waals surface area contributed by atoms with Crippen LogP contribution < -0.4 is 5.73 Å². The Bertz CT molecular complexity index is 516. The topological polar surface area (TPSA) is 66.9 Å². The molecular formula is C14H12N2O. The predicted octanol–water partition coefficient (Wildman–Crippen LogP) is 2.43. The van der Waals surface area contributed by atoms with Crippen molar-refractivity contribution in [2.24, 2.45) is 5.73 Å². The van der Waals surface area contributed by atoms with E-state index in [-0.39, 0.29) is 0 Å². The number of aldehydes is 1. The van der Waals surface area contributed by atoms with Crippen LogP contribution in [0.3, 0.4) is 0 Å². The molecule has 0 amide bonds. The first-order valence-corrected chi connectivity index (χ1v) is 4.96. The molecule has 1 aromatic rings. The fourth-order valence-electron chi connectivity index (χ4n) is 1.19. The quantitative estimate of drug-likeness (QED) is 0.485. The summed E-state index contributed by atoms with van der Waals surface area (Å²) in [5.74, 6) is 0. The molecule has 0 saturated carbocycles. The van der Waals surface area contributed by atoms with Crippen LogP contribution in [0.1, 0.15) is 15.9 Å². The van der Waals surface area contributed by atoms with Crippen LogP contribution in [-0.4, -0.2) is 6.29 Å². The van der Waals surface area contributed by atoms with E-state index < -0.39 is 0 Å². The predicted molar refractivity (Wildman–Crippen MR) is 67.9 cm³/mol. The highest BCUT2D eigenvalue weighted by molar-refractivity contribution is 5.78. The van der Waals surface area contributed by atoms with E-state index >= 15 is 0 Å². The lowest BCUT2D eigenvalue weighted by molar-refractivity contribution is 0.112. The minimum absolute atomic E-state index is 0.371. The van der Waals surface area contributed by atoms with E-state index in [2.05, 4.69) is 6.58 Å². The SMILES string of the molecule is C=C(/C=C\C(C#N)=C/N)c1ccc(C=O)cc1. The highest BCUT2D eigenvalue weighted by Gasteiger charge is 1.96. The van der Waals surface area contributed by atoms with Crippen molar-refractivity contribution < 1.29 is 4.79 Å². The van der Waals surface area contributed by atoms with Gasteiger partial charge in [0.25, 0.3) is 0 Å². The molecule has 84 valence electrons. The van der Waals surface area contributed by atoms with Gasteiger partial charge in [0.2, 0.25) is 0 Å². The summed E-state index contributed by atoms with van der Waals surface area (Å²) in [6.07, 6.45) is 5.32. The van der Waals surface area contributed by atoms with Crippen LogP contribution in [-0.2, 0) is 0 Å². The highest BCUT2D eigenvalue weighted by atomic mass is 16.1. The van der Waals surface area contributed by atoms with Crippen LogP contribution in [0, 0.1) is 11.3 Å². The zero-order valence-corrected chi connectivity index (χ0v) is 9.26. The van der Waals surface area contributed by atoms with Gasteiger partial charge in [0, 0.05) is 11.8 Å². The van der Waals surface area contributed by atoms with Crippen molar-refractivity contribution in [1.82, 2.24) is 0 Å². The summed E-state index contributed by atoms with van der Waals surface area (Å²) in [7, 11) is 0. The summed E-state index contributed by atoms with van der Waals surface area (Å²) in [5.41, 5.74) is 7.87. The molecule has 0 heterocycles. The van der Waals surface area contributed by atoms with Crippen molar-refractivity contribution >= 4 is 11.9 Å². The fourth-order valence-corrected chi connectivity index (χ4v) is 1.19. The maximum absolute atomic E-state index is 10.5. The molecule has 3 heteroatoms. The largest absolute Gasteiger partial charge is 0.404 e. The Labute approximate surface area is 100 Å². The average Bonchev–Trinajstić information content (AvgIpc) is 2.39. The lowest BCUT2D eigenvalue weighted by atomic mass is 10.0. The van der Waals surface area contributed by atoms with Gasteiger partial charge in [0.15, 0.2) is 0 Å². The van der Waals surface area contributed by atoms with Crippen molar-refractivity contribution in [3.8, 4) is 6.07 Å². The van der Waals surface area contributed by atoms with E-state index in [4.69, 9.17) is 11.0 Å². The minimum Gasteiger partial charge on any atom is -0.404 e. The van der Waals surface area contributed by atoms with Gasteiger partial charge in [0.1, 0.15) is 12.4 Å². The first-order valence-electron chi connectivity index (χ1n) is 4.96. The molecule has 1 aromatic carbocycles. The summed E-state index contributed by atoms with van der Waals surface area (Å²) in [6.45, 7) is 3.87. The number of nitrogens with zero attached hydrogens (tertiary/aromatic N) is 1. The zero-order chi connectivity index (χ0) is 12.7. The van der Waals surface area contributed by atoms with Gasteiger partial charge in [-0.25, -0.2) is 0 Å². The smallest absolute Gasteiger partial charge is 0.150 e. The number of nitrogens with two attached hydrogens (primary N) is 1. The van der Waals surface area contributed by atoms with E-state index in [9.17, 15) is 4.79 Å². The van der Waals surface area contributed by atoms with Gasteiger partial charge < -0.3 is 5.73 Å². The molecular weight excluding hydrogens is 212 g/mol. The third-order valence-electron chi connectivity index (χ3n) is 2.19. The number of rotatable bonds is 4. The number of nitriles is 1. The second-order valence-corrected chi connectivity index (χ2v) is 3.33. The molecule has 0 radical (unpaired) electrons. The third kappa shape index (κ3) is 3.47. The Kier molecular flexibility index (Phi) is 4.46. The van der Waals surface area contributed by atoms with Crippen molar-refractivity contribution in [2.75, 3.05) is 0 Å².